The molecule has 6 heteroatoms. The van der Waals surface area contributed by atoms with Gasteiger partial charge in [0, 0.05) is 13.1 Å². The maximum Gasteiger partial charge on any atom is 0.308 e. The van der Waals surface area contributed by atoms with E-state index in [0.717, 1.165) is 4.90 Å². The van der Waals surface area contributed by atoms with Gasteiger partial charge < -0.3 is 10.4 Å². The van der Waals surface area contributed by atoms with Crippen LogP contribution in [0, 0.1) is 17.8 Å². The van der Waals surface area contributed by atoms with Gasteiger partial charge in [-0.1, -0.05) is 0 Å². The fourth-order valence-electron chi connectivity index (χ4n) is 2.15. The van der Waals surface area contributed by atoms with Gasteiger partial charge in [0.1, 0.15) is 0 Å². The highest BCUT2D eigenvalue weighted by Crippen LogP contribution is 2.53. The average Bonchev–Trinajstić information content (AvgIpc) is 2.86. The first-order valence-electron chi connectivity index (χ1n) is 4.82. The monoisotopic (exact) mass is 212 g/mol. The van der Waals surface area contributed by atoms with Crippen molar-refractivity contribution in [1.82, 2.24) is 10.2 Å². The Morgan fingerprint density at radius 1 is 1.40 bits per heavy atom. The molecule has 2 N–H and O–H groups in total. The van der Waals surface area contributed by atoms with Gasteiger partial charge in [-0.05, 0) is 7.05 Å². The van der Waals surface area contributed by atoms with Gasteiger partial charge in [-0.2, -0.15) is 0 Å². The molecule has 6 nitrogen and oxygen atoms in total. The van der Waals surface area contributed by atoms with Gasteiger partial charge in [0.2, 0.25) is 11.8 Å². The number of likely N-dealkylation sites (tertiary alicyclic amines) is 1. The van der Waals surface area contributed by atoms with Gasteiger partial charge in [-0.15, -0.1) is 0 Å². The molecule has 2 atom stereocenters. The van der Waals surface area contributed by atoms with Gasteiger partial charge in [0.15, 0.2) is 0 Å². The highest BCUT2D eigenvalue weighted by molar-refractivity contribution is 6.13. The number of carboxylic acids is 1. The number of hydrogen-bond donors (Lipinski definition) is 2. The van der Waals surface area contributed by atoms with E-state index in [1.807, 2.05) is 0 Å². The summed E-state index contributed by atoms with van der Waals surface area (Å²) < 4.78 is 0. The van der Waals surface area contributed by atoms with Crippen LogP contribution in [0.1, 0.15) is 0 Å². The van der Waals surface area contributed by atoms with Crippen LogP contribution in [-0.2, 0) is 14.4 Å². The van der Waals surface area contributed by atoms with Crippen LogP contribution in [0.3, 0.4) is 0 Å². The molecule has 0 spiro atoms. The van der Waals surface area contributed by atoms with Crippen molar-refractivity contribution in [2.75, 3.05) is 20.1 Å². The first-order chi connectivity index (χ1) is 7.09. The number of carbonyl (C=O) groups excluding carboxylic acids is 2. The number of imide groups is 1. The second kappa shape index (κ2) is 3.30. The van der Waals surface area contributed by atoms with Crippen LogP contribution >= 0.6 is 0 Å². The minimum atomic E-state index is -1.04. The normalized spacial score (nSPS) is 33.1. The molecule has 0 radical (unpaired) electrons. The number of fused-ring (bicyclic) bond motifs is 1. The molecule has 1 heterocycles. The van der Waals surface area contributed by atoms with E-state index >= 15 is 0 Å². The zero-order valence-corrected chi connectivity index (χ0v) is 8.27. The van der Waals surface area contributed by atoms with Crippen molar-refractivity contribution < 1.29 is 19.5 Å². The Hall–Kier alpha value is -1.43. The van der Waals surface area contributed by atoms with E-state index in [-0.39, 0.29) is 11.8 Å². The molecule has 2 rings (SSSR count). The maximum absolute atomic E-state index is 11.6. The largest absolute Gasteiger partial charge is 0.481 e. The molecule has 1 aliphatic heterocycles. The number of nitrogens with zero attached hydrogens (tertiary/aromatic N) is 1. The van der Waals surface area contributed by atoms with E-state index in [9.17, 15) is 14.4 Å². The predicted molar refractivity (Wildman–Crippen MR) is 48.8 cm³/mol. The zero-order chi connectivity index (χ0) is 11.2. The molecule has 0 aromatic heterocycles. The predicted octanol–water partition coefficient (Wildman–Crippen LogP) is -1.48. The van der Waals surface area contributed by atoms with Crippen molar-refractivity contribution in [2.45, 2.75) is 0 Å². The van der Waals surface area contributed by atoms with E-state index in [0.29, 0.717) is 13.1 Å². The number of carbonyl (C=O) groups is 3. The average molecular weight is 212 g/mol. The second-order valence-corrected chi connectivity index (χ2v) is 3.85. The Bertz CT molecular complexity index is 319. The van der Waals surface area contributed by atoms with Gasteiger partial charge in [0.05, 0.1) is 17.8 Å². The minimum absolute atomic E-state index is 0.326. The number of piperidine rings is 1. The molecule has 1 saturated carbocycles. The van der Waals surface area contributed by atoms with Crippen molar-refractivity contribution in [3.05, 3.63) is 0 Å². The third kappa shape index (κ3) is 1.32. The van der Waals surface area contributed by atoms with Gasteiger partial charge in [-0.25, -0.2) is 0 Å². The topological polar surface area (TPSA) is 86.7 Å². The van der Waals surface area contributed by atoms with Crippen molar-refractivity contribution in [3.63, 3.8) is 0 Å². The maximum atomic E-state index is 11.6. The number of nitrogens with one attached hydrogen (secondary N) is 1. The third-order valence-electron chi connectivity index (χ3n) is 2.99. The molecular formula is C9H12N2O4. The number of rotatable bonds is 4. The highest BCUT2D eigenvalue weighted by atomic mass is 16.4. The van der Waals surface area contributed by atoms with E-state index in [2.05, 4.69) is 5.32 Å². The van der Waals surface area contributed by atoms with Gasteiger partial charge in [-0.3, -0.25) is 19.3 Å². The van der Waals surface area contributed by atoms with Gasteiger partial charge >= 0.3 is 5.97 Å². The number of hydrogen-bond acceptors (Lipinski definition) is 4. The number of amides is 2. The lowest BCUT2D eigenvalue weighted by Gasteiger charge is -2.16. The molecule has 0 aromatic rings. The quantitative estimate of drug-likeness (QED) is 0.555. The number of aliphatic carboxylic acids is 1. The molecule has 15 heavy (non-hydrogen) atoms. The van der Waals surface area contributed by atoms with Crippen LogP contribution in [-0.4, -0.2) is 47.9 Å². The summed E-state index contributed by atoms with van der Waals surface area (Å²) in [6, 6.07) is 0. The molecule has 0 aromatic carbocycles. The van der Waals surface area contributed by atoms with Gasteiger partial charge in [0.25, 0.3) is 0 Å². The molecule has 2 fully saturated rings. The van der Waals surface area contributed by atoms with Crippen molar-refractivity contribution in [3.8, 4) is 0 Å². The van der Waals surface area contributed by atoms with E-state index < -0.39 is 23.7 Å². The first-order valence-corrected chi connectivity index (χ1v) is 4.82. The van der Waals surface area contributed by atoms with Crippen LogP contribution in [0.25, 0.3) is 0 Å². The highest BCUT2D eigenvalue weighted by Gasteiger charge is 2.70. The van der Waals surface area contributed by atoms with E-state index in [1.165, 1.54) is 0 Å². The summed E-state index contributed by atoms with van der Waals surface area (Å²) in [5.74, 6) is -3.64. The standard InChI is InChI=1S/C9H12N2O4/c1-10-2-3-11-7(12)4-5(8(11)13)6(4)9(14)15/h4-6,10H,2-3H2,1H3,(H,14,15). The second-order valence-electron chi connectivity index (χ2n) is 3.85. The fraction of sp³-hybridized carbons (Fsp3) is 0.667. The Labute approximate surface area is 86.2 Å². The summed E-state index contributed by atoms with van der Waals surface area (Å²) in [4.78, 5) is 35.0. The lowest BCUT2D eigenvalue weighted by Crippen LogP contribution is -2.39. The molecule has 2 unspecified atom stereocenters. The summed E-state index contributed by atoms with van der Waals surface area (Å²) in [5, 5.41) is 11.6. The Morgan fingerprint density at radius 2 is 1.93 bits per heavy atom. The zero-order valence-electron chi connectivity index (χ0n) is 8.27. The summed E-state index contributed by atoms with van der Waals surface area (Å²) in [6.45, 7) is 0.863. The molecule has 0 bridgehead atoms. The van der Waals surface area contributed by atoms with Crippen LogP contribution in [0.2, 0.25) is 0 Å². The fourth-order valence-corrected chi connectivity index (χ4v) is 2.15. The molecule has 82 valence electrons. The number of likely N-dealkylation sites (N-methyl/N-ethyl adjacent to an activating group) is 1. The minimum Gasteiger partial charge on any atom is -0.481 e. The Balaban J connectivity index is 2.04. The Kier molecular flexibility index (Phi) is 2.22. The first kappa shape index (κ1) is 10.1. The van der Waals surface area contributed by atoms with Crippen molar-refractivity contribution >= 4 is 17.8 Å². The summed E-state index contributed by atoms with van der Waals surface area (Å²) >= 11 is 0. The summed E-state index contributed by atoms with van der Waals surface area (Å²) in [5.41, 5.74) is 0. The van der Waals surface area contributed by atoms with E-state index in [1.54, 1.807) is 7.05 Å². The molecule has 2 aliphatic rings. The Morgan fingerprint density at radius 3 is 2.33 bits per heavy atom. The summed E-state index contributed by atoms with van der Waals surface area (Å²) in [7, 11) is 1.73. The molecule has 1 saturated heterocycles. The summed E-state index contributed by atoms with van der Waals surface area (Å²) in [6.07, 6.45) is 0. The molecule has 1 aliphatic carbocycles. The number of carboxylic acid groups (broad SMARTS) is 1. The van der Waals surface area contributed by atoms with Crippen LogP contribution in [0.5, 0.6) is 0 Å². The molecular weight excluding hydrogens is 200 g/mol. The lowest BCUT2D eigenvalue weighted by molar-refractivity contribution is -0.148. The van der Waals surface area contributed by atoms with Crippen molar-refractivity contribution in [2.24, 2.45) is 17.8 Å². The van der Waals surface area contributed by atoms with Crippen LogP contribution < -0.4 is 5.32 Å². The van der Waals surface area contributed by atoms with E-state index in [4.69, 9.17) is 5.11 Å². The SMILES string of the molecule is CNCCN1C(=O)C2C(C(=O)O)C2C1=O. The van der Waals surface area contributed by atoms with Crippen LogP contribution in [0.4, 0.5) is 0 Å². The third-order valence-corrected chi connectivity index (χ3v) is 2.99. The smallest absolute Gasteiger partial charge is 0.308 e. The molecule has 2 amide bonds. The van der Waals surface area contributed by atoms with Crippen molar-refractivity contribution in [1.29, 1.82) is 0 Å². The van der Waals surface area contributed by atoms with Crippen LogP contribution in [0.15, 0.2) is 0 Å². The lowest BCUT2D eigenvalue weighted by atomic mass is 10.2.